The van der Waals surface area contributed by atoms with E-state index in [0.29, 0.717) is 17.4 Å². The summed E-state index contributed by atoms with van der Waals surface area (Å²) in [5.74, 6) is 6.56. The van der Waals surface area contributed by atoms with E-state index in [-0.39, 0.29) is 23.0 Å². The molecule has 0 bridgehead atoms. The molecule has 0 radical (unpaired) electrons. The number of primary amides is 1. The lowest BCUT2D eigenvalue weighted by Gasteiger charge is -2.28. The Morgan fingerprint density at radius 3 is 2.70 bits per heavy atom. The Hall–Kier alpha value is -3.70. The van der Waals surface area contributed by atoms with E-state index in [0.717, 1.165) is 17.3 Å². The van der Waals surface area contributed by atoms with Gasteiger partial charge in [-0.15, -0.1) is 0 Å². The zero-order chi connectivity index (χ0) is 21.8. The number of amides is 1. The molecule has 0 spiro atoms. The molecule has 8 heteroatoms. The minimum Gasteiger partial charge on any atom is -0.365 e. The van der Waals surface area contributed by atoms with Gasteiger partial charge in [-0.05, 0) is 49.6 Å². The van der Waals surface area contributed by atoms with E-state index in [1.54, 1.807) is 6.20 Å². The lowest BCUT2D eigenvalue weighted by atomic mass is 10.0. The van der Waals surface area contributed by atoms with Crippen LogP contribution in [0.15, 0.2) is 42.6 Å². The van der Waals surface area contributed by atoms with Gasteiger partial charge >= 0.3 is 0 Å². The van der Waals surface area contributed by atoms with Gasteiger partial charge in [-0.3, -0.25) is 14.8 Å². The Kier molecular flexibility index (Phi) is 6.14. The summed E-state index contributed by atoms with van der Waals surface area (Å²) in [6, 6.07) is 12.8. The lowest BCUT2D eigenvalue weighted by Crippen LogP contribution is -2.41. The molecule has 8 nitrogen and oxygen atoms in total. The van der Waals surface area contributed by atoms with Gasteiger partial charge < -0.3 is 11.1 Å². The van der Waals surface area contributed by atoms with E-state index < -0.39 is 5.91 Å². The van der Waals surface area contributed by atoms with E-state index in [1.165, 1.54) is 11.1 Å². The molecule has 0 fully saturated rings. The predicted octanol–water partition coefficient (Wildman–Crippen LogP) is 3.46. The van der Waals surface area contributed by atoms with Crippen LogP contribution in [0.3, 0.4) is 0 Å². The summed E-state index contributed by atoms with van der Waals surface area (Å²) >= 11 is 0. The molecule has 154 valence electrons. The standard InChI is InChI=1S/C22H25N7O/c1-13(2)9-14(3)29(25)22-16(12-23)11-18(20(24)30)21(28-22)27-17-6-7-19-15(10-17)5-4-8-26-19/h4-8,10-11,13-14H,9,25H2,1-3H3,(H2,24,30)(H,27,28). The van der Waals surface area contributed by atoms with Crippen LogP contribution in [-0.2, 0) is 0 Å². The fourth-order valence-electron chi connectivity index (χ4n) is 3.36. The Labute approximate surface area is 175 Å². The third kappa shape index (κ3) is 4.47. The highest BCUT2D eigenvalue weighted by Crippen LogP contribution is 2.28. The zero-order valence-electron chi connectivity index (χ0n) is 17.3. The molecule has 30 heavy (non-hydrogen) atoms. The molecule has 1 unspecified atom stereocenters. The Balaban J connectivity index is 2.05. The van der Waals surface area contributed by atoms with Crippen LogP contribution in [0.1, 0.15) is 43.1 Å². The number of nitrogens with zero attached hydrogens (tertiary/aromatic N) is 4. The van der Waals surface area contributed by atoms with Crippen molar-refractivity contribution in [1.29, 1.82) is 5.26 Å². The van der Waals surface area contributed by atoms with Crippen molar-refractivity contribution in [3.05, 3.63) is 53.7 Å². The Morgan fingerprint density at radius 2 is 2.03 bits per heavy atom. The van der Waals surface area contributed by atoms with Gasteiger partial charge in [-0.2, -0.15) is 5.26 Å². The predicted molar refractivity (Wildman–Crippen MR) is 118 cm³/mol. The lowest BCUT2D eigenvalue weighted by molar-refractivity contribution is 0.100. The van der Waals surface area contributed by atoms with Crippen molar-refractivity contribution in [3.63, 3.8) is 0 Å². The fraction of sp³-hybridized carbons (Fsp3) is 0.273. The van der Waals surface area contributed by atoms with Gasteiger partial charge in [-0.25, -0.2) is 10.8 Å². The number of aromatic nitrogens is 2. The highest BCUT2D eigenvalue weighted by molar-refractivity contribution is 5.99. The number of hydrazine groups is 1. The number of nitriles is 1. The van der Waals surface area contributed by atoms with Crippen molar-refractivity contribution < 1.29 is 4.79 Å². The minimum absolute atomic E-state index is 0.0522. The van der Waals surface area contributed by atoms with E-state index >= 15 is 0 Å². The number of fused-ring (bicyclic) bond motifs is 1. The quantitative estimate of drug-likeness (QED) is 0.406. The van der Waals surface area contributed by atoms with Crippen LogP contribution in [0.4, 0.5) is 17.3 Å². The molecular weight excluding hydrogens is 378 g/mol. The van der Waals surface area contributed by atoms with Gasteiger partial charge in [0.25, 0.3) is 5.91 Å². The van der Waals surface area contributed by atoms with Crippen molar-refractivity contribution in [2.24, 2.45) is 17.5 Å². The normalized spacial score (nSPS) is 11.9. The van der Waals surface area contributed by atoms with Gasteiger partial charge in [0, 0.05) is 23.3 Å². The van der Waals surface area contributed by atoms with Crippen LogP contribution in [0.25, 0.3) is 10.9 Å². The third-order valence-electron chi connectivity index (χ3n) is 4.79. The van der Waals surface area contributed by atoms with E-state index in [4.69, 9.17) is 11.6 Å². The summed E-state index contributed by atoms with van der Waals surface area (Å²) in [7, 11) is 0. The minimum atomic E-state index is -0.686. The first kappa shape index (κ1) is 21.0. The molecule has 1 atom stereocenters. The first-order valence-electron chi connectivity index (χ1n) is 9.70. The van der Waals surface area contributed by atoms with Gasteiger partial charge in [0.15, 0.2) is 5.82 Å². The molecule has 0 aliphatic heterocycles. The summed E-state index contributed by atoms with van der Waals surface area (Å²) in [5, 5.41) is 15.1. The largest absolute Gasteiger partial charge is 0.365 e. The highest BCUT2D eigenvalue weighted by atomic mass is 16.1. The van der Waals surface area contributed by atoms with E-state index in [2.05, 4.69) is 35.2 Å². The van der Waals surface area contributed by atoms with Crippen molar-refractivity contribution in [2.75, 3.05) is 10.3 Å². The van der Waals surface area contributed by atoms with Gasteiger partial charge in [0.05, 0.1) is 16.6 Å². The van der Waals surface area contributed by atoms with Gasteiger partial charge in [0.2, 0.25) is 0 Å². The smallest absolute Gasteiger partial charge is 0.252 e. The number of hydrogen-bond acceptors (Lipinski definition) is 7. The first-order valence-corrected chi connectivity index (χ1v) is 9.70. The summed E-state index contributed by atoms with van der Waals surface area (Å²) < 4.78 is 0. The van der Waals surface area contributed by atoms with Crippen LogP contribution in [-0.4, -0.2) is 21.9 Å². The number of carbonyl (C=O) groups excluding carboxylic acids is 1. The van der Waals surface area contributed by atoms with E-state index in [9.17, 15) is 10.1 Å². The molecule has 1 amide bonds. The number of nitrogens with two attached hydrogens (primary N) is 2. The summed E-state index contributed by atoms with van der Waals surface area (Å²) in [5.41, 5.74) is 7.42. The molecule has 0 saturated heterocycles. The van der Waals surface area contributed by atoms with Crippen molar-refractivity contribution in [1.82, 2.24) is 9.97 Å². The molecule has 2 heterocycles. The second kappa shape index (κ2) is 8.76. The summed E-state index contributed by atoms with van der Waals surface area (Å²) in [6.45, 7) is 6.16. The maximum absolute atomic E-state index is 12.0. The number of rotatable bonds is 7. The van der Waals surface area contributed by atoms with Crippen LogP contribution in [0.5, 0.6) is 0 Å². The third-order valence-corrected chi connectivity index (χ3v) is 4.79. The molecule has 1 aromatic carbocycles. The molecular formula is C22H25N7O. The molecule has 0 aliphatic carbocycles. The topological polar surface area (TPSA) is 134 Å². The Bertz CT molecular complexity index is 1120. The summed E-state index contributed by atoms with van der Waals surface area (Å²) in [4.78, 5) is 20.9. The monoisotopic (exact) mass is 403 g/mol. The van der Waals surface area contributed by atoms with Crippen LogP contribution >= 0.6 is 0 Å². The molecule has 3 aromatic rings. The molecule has 3 rings (SSSR count). The first-order chi connectivity index (χ1) is 14.3. The van der Waals surface area contributed by atoms with Crippen LogP contribution < -0.4 is 21.9 Å². The van der Waals surface area contributed by atoms with E-state index in [1.807, 2.05) is 37.3 Å². The number of anilines is 3. The van der Waals surface area contributed by atoms with Crippen LogP contribution in [0, 0.1) is 17.2 Å². The second-order valence-electron chi connectivity index (χ2n) is 7.65. The maximum atomic E-state index is 12.0. The molecule has 2 aromatic heterocycles. The van der Waals surface area contributed by atoms with Crippen molar-refractivity contribution in [2.45, 2.75) is 33.2 Å². The van der Waals surface area contributed by atoms with Crippen molar-refractivity contribution in [3.8, 4) is 6.07 Å². The highest BCUT2D eigenvalue weighted by Gasteiger charge is 2.22. The van der Waals surface area contributed by atoms with Crippen LogP contribution in [0.2, 0.25) is 0 Å². The molecule has 0 saturated carbocycles. The Morgan fingerprint density at radius 1 is 1.27 bits per heavy atom. The number of carbonyl (C=O) groups is 1. The number of pyridine rings is 2. The number of nitrogens with one attached hydrogen (secondary N) is 1. The van der Waals surface area contributed by atoms with Gasteiger partial charge in [-0.1, -0.05) is 19.9 Å². The average molecular weight is 403 g/mol. The summed E-state index contributed by atoms with van der Waals surface area (Å²) in [6.07, 6.45) is 2.55. The molecule has 5 N–H and O–H groups in total. The SMILES string of the molecule is CC(C)CC(C)N(N)c1nc(Nc2ccc3ncccc3c2)c(C(N)=O)cc1C#N. The zero-order valence-corrected chi connectivity index (χ0v) is 17.3. The fourth-order valence-corrected chi connectivity index (χ4v) is 3.36. The van der Waals surface area contributed by atoms with Crippen molar-refractivity contribution >= 4 is 34.1 Å². The average Bonchev–Trinajstić information content (AvgIpc) is 2.72. The number of hydrogen-bond donors (Lipinski definition) is 3. The second-order valence-corrected chi connectivity index (χ2v) is 7.65. The number of benzene rings is 1. The molecule has 0 aliphatic rings. The van der Waals surface area contributed by atoms with Gasteiger partial charge in [0.1, 0.15) is 11.9 Å². The maximum Gasteiger partial charge on any atom is 0.252 e.